The Labute approximate surface area is 147 Å². The zero-order valence-corrected chi connectivity index (χ0v) is 14.7. The van der Waals surface area contributed by atoms with Crippen LogP contribution in [0.1, 0.15) is 32.8 Å². The number of carbonyl (C=O) groups is 3. The lowest BCUT2D eigenvalue weighted by Crippen LogP contribution is -2.71. The van der Waals surface area contributed by atoms with Crippen LogP contribution in [0.3, 0.4) is 0 Å². The van der Waals surface area contributed by atoms with Gasteiger partial charge in [0, 0.05) is 0 Å². The van der Waals surface area contributed by atoms with Gasteiger partial charge < -0.3 is 20.1 Å². The molecule has 2 rings (SSSR count). The molecule has 2 N–H and O–H groups in total. The Morgan fingerprint density at radius 3 is 2.44 bits per heavy atom. The molecule has 1 aliphatic rings. The lowest BCUT2D eigenvalue weighted by atomic mass is 9.89. The monoisotopic (exact) mass is 348 g/mol. The van der Waals surface area contributed by atoms with Gasteiger partial charge in [-0.25, -0.2) is 4.79 Å². The van der Waals surface area contributed by atoms with Crippen molar-refractivity contribution in [2.45, 2.75) is 51.3 Å². The number of carbonyl (C=O) groups excluding carboxylic acids is 2. The van der Waals surface area contributed by atoms with Crippen LogP contribution in [0.4, 0.5) is 4.79 Å². The maximum atomic E-state index is 12.2. The van der Waals surface area contributed by atoms with Crippen molar-refractivity contribution in [1.82, 2.24) is 10.2 Å². The van der Waals surface area contributed by atoms with Crippen LogP contribution < -0.4 is 5.32 Å². The molecule has 0 spiro atoms. The summed E-state index contributed by atoms with van der Waals surface area (Å²) in [6, 6.07) is 8.59. The maximum Gasteiger partial charge on any atom is 0.408 e. The first-order valence-corrected chi connectivity index (χ1v) is 8.23. The summed E-state index contributed by atoms with van der Waals surface area (Å²) in [7, 11) is 0. The molecular weight excluding hydrogens is 324 g/mol. The van der Waals surface area contributed by atoms with Gasteiger partial charge in [0.2, 0.25) is 5.91 Å². The van der Waals surface area contributed by atoms with E-state index in [1.165, 1.54) is 4.90 Å². The molecule has 2 unspecified atom stereocenters. The van der Waals surface area contributed by atoms with E-state index in [0.29, 0.717) is 12.8 Å². The number of alkyl carbamates (subject to hydrolysis) is 1. The summed E-state index contributed by atoms with van der Waals surface area (Å²) >= 11 is 0. The van der Waals surface area contributed by atoms with E-state index in [4.69, 9.17) is 9.84 Å². The highest BCUT2D eigenvalue weighted by Crippen LogP contribution is 2.25. The summed E-state index contributed by atoms with van der Waals surface area (Å²) in [4.78, 5) is 36.4. The minimum atomic E-state index is -1.08. The number of rotatable bonds is 6. The summed E-state index contributed by atoms with van der Waals surface area (Å²) in [5.74, 6) is -1.47. The number of likely N-dealkylation sites (tertiary alicyclic amines) is 1. The molecule has 0 aliphatic carbocycles. The lowest BCUT2D eigenvalue weighted by Gasteiger charge is -2.46. The molecule has 0 radical (unpaired) electrons. The fourth-order valence-electron chi connectivity index (χ4n) is 2.82. The van der Waals surface area contributed by atoms with Gasteiger partial charge in [-0.2, -0.15) is 0 Å². The number of amides is 2. The number of benzene rings is 1. The molecule has 2 amide bonds. The third-order valence-corrected chi connectivity index (χ3v) is 3.88. The second-order valence-corrected chi connectivity index (χ2v) is 7.08. The van der Waals surface area contributed by atoms with E-state index < -0.39 is 29.6 Å². The standard InChI is InChI=1S/C18H24N2O5/c1-18(2,3)25-17(24)19-15-13(20(16(15)23)11-14(21)22)10-9-12-7-5-4-6-8-12/h4-8,13,15H,9-11H2,1-3H3,(H,19,24)(H,21,22). The van der Waals surface area contributed by atoms with Gasteiger partial charge in [-0.05, 0) is 39.2 Å². The Bertz CT molecular complexity index is 639. The van der Waals surface area contributed by atoms with E-state index in [0.717, 1.165) is 5.56 Å². The molecule has 0 saturated carbocycles. The number of hydrogen-bond acceptors (Lipinski definition) is 4. The minimum Gasteiger partial charge on any atom is -0.480 e. The van der Waals surface area contributed by atoms with Crippen molar-refractivity contribution in [1.29, 1.82) is 0 Å². The highest BCUT2D eigenvalue weighted by atomic mass is 16.6. The lowest BCUT2D eigenvalue weighted by molar-refractivity contribution is -0.158. The summed E-state index contributed by atoms with van der Waals surface area (Å²) in [6.45, 7) is 4.83. The van der Waals surface area contributed by atoms with E-state index in [1.807, 2.05) is 30.3 Å². The summed E-state index contributed by atoms with van der Waals surface area (Å²) in [6.07, 6.45) is 0.566. The van der Waals surface area contributed by atoms with Crippen molar-refractivity contribution in [3.05, 3.63) is 35.9 Å². The quantitative estimate of drug-likeness (QED) is 0.765. The second kappa shape index (κ2) is 7.55. The van der Waals surface area contributed by atoms with E-state index in [-0.39, 0.29) is 12.6 Å². The van der Waals surface area contributed by atoms with Gasteiger partial charge in [0.1, 0.15) is 18.2 Å². The number of aryl methyl sites for hydroxylation is 1. The molecule has 1 fully saturated rings. The van der Waals surface area contributed by atoms with Gasteiger partial charge in [-0.1, -0.05) is 30.3 Å². The van der Waals surface area contributed by atoms with Crippen molar-refractivity contribution in [3.8, 4) is 0 Å². The number of nitrogens with one attached hydrogen (secondary N) is 1. The Morgan fingerprint density at radius 1 is 1.24 bits per heavy atom. The van der Waals surface area contributed by atoms with Crippen molar-refractivity contribution in [2.24, 2.45) is 0 Å². The van der Waals surface area contributed by atoms with Crippen molar-refractivity contribution in [3.63, 3.8) is 0 Å². The molecule has 25 heavy (non-hydrogen) atoms. The fourth-order valence-corrected chi connectivity index (χ4v) is 2.82. The Kier molecular flexibility index (Phi) is 5.66. The molecule has 1 aromatic rings. The number of carboxylic acid groups (broad SMARTS) is 1. The molecule has 7 nitrogen and oxygen atoms in total. The topological polar surface area (TPSA) is 95.9 Å². The van der Waals surface area contributed by atoms with E-state index in [1.54, 1.807) is 20.8 Å². The van der Waals surface area contributed by atoms with Crippen molar-refractivity contribution < 1.29 is 24.2 Å². The Morgan fingerprint density at radius 2 is 1.88 bits per heavy atom. The van der Waals surface area contributed by atoms with Crippen molar-refractivity contribution in [2.75, 3.05) is 6.54 Å². The van der Waals surface area contributed by atoms with Gasteiger partial charge in [0.15, 0.2) is 0 Å². The smallest absolute Gasteiger partial charge is 0.408 e. The highest BCUT2D eigenvalue weighted by molar-refractivity contribution is 5.94. The van der Waals surface area contributed by atoms with Gasteiger partial charge in [0.05, 0.1) is 6.04 Å². The van der Waals surface area contributed by atoms with Crippen molar-refractivity contribution >= 4 is 18.0 Å². The zero-order valence-electron chi connectivity index (χ0n) is 14.7. The first-order valence-electron chi connectivity index (χ1n) is 8.23. The van der Waals surface area contributed by atoms with Crippen LogP contribution in [0.15, 0.2) is 30.3 Å². The average molecular weight is 348 g/mol. The molecule has 7 heteroatoms. The van der Waals surface area contributed by atoms with E-state index in [9.17, 15) is 14.4 Å². The number of aliphatic carboxylic acids is 1. The van der Waals surface area contributed by atoms with E-state index >= 15 is 0 Å². The normalized spacial score (nSPS) is 20.0. The molecule has 1 aromatic carbocycles. The fraction of sp³-hybridized carbons (Fsp3) is 0.500. The predicted molar refractivity (Wildman–Crippen MR) is 91.1 cm³/mol. The minimum absolute atomic E-state index is 0.365. The third-order valence-electron chi connectivity index (χ3n) is 3.88. The summed E-state index contributed by atoms with van der Waals surface area (Å²) in [5, 5.41) is 11.6. The molecule has 1 aliphatic heterocycles. The molecule has 0 bridgehead atoms. The largest absolute Gasteiger partial charge is 0.480 e. The average Bonchev–Trinajstić information content (AvgIpc) is 2.51. The number of carboxylic acids is 1. The summed E-state index contributed by atoms with van der Waals surface area (Å²) < 4.78 is 5.18. The van der Waals surface area contributed by atoms with Gasteiger partial charge in [-0.3, -0.25) is 9.59 Å². The van der Waals surface area contributed by atoms with Crippen LogP contribution in [0, 0.1) is 0 Å². The zero-order chi connectivity index (χ0) is 18.6. The van der Waals surface area contributed by atoms with Gasteiger partial charge in [0.25, 0.3) is 0 Å². The predicted octanol–water partition coefficient (Wildman–Crippen LogP) is 1.81. The number of β-lactam (4-membered cyclic amide) rings is 1. The molecule has 2 atom stereocenters. The van der Waals surface area contributed by atoms with Crippen LogP contribution >= 0.6 is 0 Å². The second-order valence-electron chi connectivity index (χ2n) is 7.08. The van der Waals surface area contributed by atoms with Crippen LogP contribution in [-0.4, -0.2) is 52.2 Å². The first-order chi connectivity index (χ1) is 11.7. The Balaban J connectivity index is 2.01. The molecule has 0 aromatic heterocycles. The molecule has 136 valence electrons. The number of ether oxygens (including phenoxy) is 1. The number of nitrogens with zero attached hydrogens (tertiary/aromatic N) is 1. The van der Waals surface area contributed by atoms with Crippen LogP contribution in [-0.2, 0) is 20.7 Å². The maximum absolute atomic E-state index is 12.2. The van der Waals surface area contributed by atoms with E-state index in [2.05, 4.69) is 5.32 Å². The molecule has 1 saturated heterocycles. The number of hydrogen-bond donors (Lipinski definition) is 2. The van der Waals surface area contributed by atoms with Crippen LogP contribution in [0.5, 0.6) is 0 Å². The SMILES string of the molecule is CC(C)(C)OC(=O)NC1C(=O)N(CC(=O)O)C1CCc1ccccc1. The third kappa shape index (κ3) is 5.20. The van der Waals surface area contributed by atoms with Crippen LogP contribution in [0.2, 0.25) is 0 Å². The molecule has 1 heterocycles. The van der Waals surface area contributed by atoms with Crippen LogP contribution in [0.25, 0.3) is 0 Å². The Hall–Kier alpha value is -2.57. The van der Waals surface area contributed by atoms with Gasteiger partial charge in [-0.15, -0.1) is 0 Å². The highest BCUT2D eigenvalue weighted by Gasteiger charge is 2.48. The summed E-state index contributed by atoms with van der Waals surface area (Å²) in [5.41, 5.74) is 0.421. The van der Waals surface area contributed by atoms with Gasteiger partial charge >= 0.3 is 12.1 Å². The molecular formula is C18H24N2O5. The first kappa shape index (κ1) is 18.8.